The zero-order chi connectivity index (χ0) is 14.7. The molecule has 0 heterocycles. The maximum atomic E-state index is 11.5. The number of halogens is 1. The summed E-state index contributed by atoms with van der Waals surface area (Å²) in [6.07, 6.45) is 0. The average Bonchev–Trinajstić information content (AvgIpc) is 2.34. The van der Waals surface area contributed by atoms with Crippen molar-refractivity contribution in [1.82, 2.24) is 0 Å². The minimum atomic E-state index is -0.894. The van der Waals surface area contributed by atoms with Gasteiger partial charge in [-0.15, -0.1) is 0 Å². The van der Waals surface area contributed by atoms with E-state index in [9.17, 15) is 9.90 Å². The Morgan fingerprint density at radius 3 is 2.35 bits per heavy atom. The monoisotopic (exact) mass is 333 g/mol. The Morgan fingerprint density at radius 1 is 1.15 bits per heavy atom. The molecular weight excluding hydrogens is 318 g/mol. The van der Waals surface area contributed by atoms with Crippen LogP contribution in [0.4, 0.5) is 5.69 Å². The molecule has 104 valence electrons. The van der Waals surface area contributed by atoms with E-state index in [4.69, 9.17) is 0 Å². The van der Waals surface area contributed by atoms with Gasteiger partial charge in [0.15, 0.2) is 6.04 Å². The summed E-state index contributed by atoms with van der Waals surface area (Å²) in [6, 6.07) is 12.5. The fraction of sp³-hybridized carbons (Fsp3) is 0.188. The molecule has 1 unspecified atom stereocenters. The molecule has 1 atom stereocenters. The molecule has 4 heteroatoms. The van der Waals surface area contributed by atoms with Gasteiger partial charge < -0.3 is 10.4 Å². The SMILES string of the molecule is Cc1cc(C)cc(C(Nc2cccc(Br)c2)C(=O)O)c1. The lowest BCUT2D eigenvalue weighted by Crippen LogP contribution is -2.20. The second-order valence-electron chi connectivity index (χ2n) is 4.85. The van der Waals surface area contributed by atoms with Gasteiger partial charge in [0.25, 0.3) is 0 Å². The molecule has 0 bridgehead atoms. The highest BCUT2D eigenvalue weighted by Crippen LogP contribution is 2.24. The number of benzene rings is 2. The van der Waals surface area contributed by atoms with Gasteiger partial charge in [0.05, 0.1) is 0 Å². The standard InChI is InChI=1S/C16H16BrNO2/c1-10-6-11(2)8-12(7-10)15(16(19)20)18-14-5-3-4-13(17)9-14/h3-9,15,18H,1-2H3,(H,19,20). The van der Waals surface area contributed by atoms with Crippen molar-refractivity contribution in [2.45, 2.75) is 19.9 Å². The van der Waals surface area contributed by atoms with Crippen LogP contribution in [-0.4, -0.2) is 11.1 Å². The number of rotatable bonds is 4. The van der Waals surface area contributed by atoms with E-state index in [1.165, 1.54) is 0 Å². The van der Waals surface area contributed by atoms with Gasteiger partial charge in [-0.2, -0.15) is 0 Å². The molecule has 0 aliphatic rings. The minimum Gasteiger partial charge on any atom is -0.479 e. The molecule has 0 radical (unpaired) electrons. The van der Waals surface area contributed by atoms with Gasteiger partial charge in [0.1, 0.15) is 0 Å². The second kappa shape index (κ2) is 6.09. The van der Waals surface area contributed by atoms with Crippen molar-refractivity contribution in [3.05, 3.63) is 63.6 Å². The van der Waals surface area contributed by atoms with E-state index in [1.807, 2.05) is 56.3 Å². The predicted octanol–water partition coefficient (Wildman–Crippen LogP) is 4.30. The maximum absolute atomic E-state index is 11.5. The molecule has 2 N–H and O–H groups in total. The van der Waals surface area contributed by atoms with E-state index in [1.54, 1.807) is 0 Å². The number of hydrogen-bond acceptors (Lipinski definition) is 2. The minimum absolute atomic E-state index is 0.759. The fourth-order valence-electron chi connectivity index (χ4n) is 2.21. The van der Waals surface area contributed by atoms with Crippen LogP contribution < -0.4 is 5.32 Å². The van der Waals surface area contributed by atoms with Crippen LogP contribution in [0, 0.1) is 13.8 Å². The maximum Gasteiger partial charge on any atom is 0.330 e. The number of aliphatic carboxylic acids is 1. The summed E-state index contributed by atoms with van der Waals surface area (Å²) in [5.74, 6) is -0.894. The highest BCUT2D eigenvalue weighted by Gasteiger charge is 2.20. The van der Waals surface area contributed by atoms with Gasteiger partial charge in [0, 0.05) is 10.2 Å². The van der Waals surface area contributed by atoms with Crippen molar-refractivity contribution in [3.63, 3.8) is 0 Å². The molecule has 20 heavy (non-hydrogen) atoms. The molecule has 2 aromatic carbocycles. The fourth-order valence-corrected chi connectivity index (χ4v) is 2.61. The molecule has 0 aliphatic heterocycles. The summed E-state index contributed by atoms with van der Waals surface area (Å²) in [6.45, 7) is 3.93. The van der Waals surface area contributed by atoms with E-state index in [2.05, 4.69) is 21.2 Å². The van der Waals surface area contributed by atoms with Crippen molar-refractivity contribution in [1.29, 1.82) is 0 Å². The largest absolute Gasteiger partial charge is 0.479 e. The molecule has 3 nitrogen and oxygen atoms in total. The Hall–Kier alpha value is -1.81. The van der Waals surface area contributed by atoms with Crippen LogP contribution in [0.2, 0.25) is 0 Å². The summed E-state index contributed by atoms with van der Waals surface area (Å²) < 4.78 is 0.909. The summed E-state index contributed by atoms with van der Waals surface area (Å²) in [5.41, 5.74) is 3.64. The van der Waals surface area contributed by atoms with Crippen LogP contribution in [0.15, 0.2) is 46.9 Å². The first-order chi connectivity index (χ1) is 9.45. The number of anilines is 1. The van der Waals surface area contributed by atoms with Crippen LogP contribution in [-0.2, 0) is 4.79 Å². The molecule has 0 fully saturated rings. The molecular formula is C16H16BrNO2. The molecule has 0 spiro atoms. The quantitative estimate of drug-likeness (QED) is 0.876. The number of aryl methyl sites for hydroxylation is 2. The molecule has 0 saturated carbocycles. The van der Waals surface area contributed by atoms with E-state index < -0.39 is 12.0 Å². The Bertz CT molecular complexity index is 620. The summed E-state index contributed by atoms with van der Waals surface area (Å²) in [4.78, 5) is 11.5. The van der Waals surface area contributed by atoms with E-state index in [0.29, 0.717) is 0 Å². The summed E-state index contributed by atoms with van der Waals surface area (Å²) in [5, 5.41) is 12.5. The van der Waals surface area contributed by atoms with Crippen LogP contribution in [0.1, 0.15) is 22.7 Å². The Morgan fingerprint density at radius 2 is 1.80 bits per heavy atom. The lowest BCUT2D eigenvalue weighted by Gasteiger charge is -2.17. The molecule has 0 aliphatic carbocycles. The highest BCUT2D eigenvalue weighted by molar-refractivity contribution is 9.10. The number of nitrogens with one attached hydrogen (secondary N) is 1. The smallest absolute Gasteiger partial charge is 0.330 e. The van der Waals surface area contributed by atoms with Gasteiger partial charge in [-0.1, -0.05) is 51.3 Å². The first kappa shape index (κ1) is 14.6. The van der Waals surface area contributed by atoms with Gasteiger partial charge in [-0.05, 0) is 37.6 Å². The Balaban J connectivity index is 2.34. The molecule has 2 rings (SSSR count). The van der Waals surface area contributed by atoms with Gasteiger partial charge in [-0.25, -0.2) is 4.79 Å². The van der Waals surface area contributed by atoms with Crippen LogP contribution in [0.25, 0.3) is 0 Å². The number of hydrogen-bond donors (Lipinski definition) is 2. The van der Waals surface area contributed by atoms with Crippen molar-refractivity contribution in [2.75, 3.05) is 5.32 Å². The van der Waals surface area contributed by atoms with Crippen molar-refractivity contribution < 1.29 is 9.90 Å². The van der Waals surface area contributed by atoms with Gasteiger partial charge in [0.2, 0.25) is 0 Å². The normalized spacial score (nSPS) is 11.9. The molecule has 0 amide bonds. The third-order valence-electron chi connectivity index (χ3n) is 2.96. The molecule has 0 aromatic heterocycles. The first-order valence-corrected chi connectivity index (χ1v) is 7.08. The third-order valence-corrected chi connectivity index (χ3v) is 3.45. The Kier molecular flexibility index (Phi) is 4.45. The highest BCUT2D eigenvalue weighted by atomic mass is 79.9. The Labute approximate surface area is 126 Å². The topological polar surface area (TPSA) is 49.3 Å². The van der Waals surface area contributed by atoms with Crippen molar-refractivity contribution in [2.24, 2.45) is 0 Å². The lowest BCUT2D eigenvalue weighted by atomic mass is 10.0. The average molecular weight is 334 g/mol. The molecule has 2 aromatic rings. The van der Waals surface area contributed by atoms with Crippen LogP contribution in [0.5, 0.6) is 0 Å². The van der Waals surface area contributed by atoms with E-state index in [-0.39, 0.29) is 0 Å². The predicted molar refractivity (Wildman–Crippen MR) is 84.1 cm³/mol. The second-order valence-corrected chi connectivity index (χ2v) is 5.76. The number of carboxylic acid groups (broad SMARTS) is 1. The van der Waals surface area contributed by atoms with Crippen LogP contribution >= 0.6 is 15.9 Å². The lowest BCUT2D eigenvalue weighted by molar-refractivity contribution is -0.138. The van der Waals surface area contributed by atoms with Crippen molar-refractivity contribution >= 4 is 27.6 Å². The van der Waals surface area contributed by atoms with E-state index >= 15 is 0 Å². The summed E-state index contributed by atoms with van der Waals surface area (Å²) in [7, 11) is 0. The van der Waals surface area contributed by atoms with Crippen molar-refractivity contribution in [3.8, 4) is 0 Å². The summed E-state index contributed by atoms with van der Waals surface area (Å²) >= 11 is 3.38. The number of carboxylic acids is 1. The third kappa shape index (κ3) is 3.61. The zero-order valence-corrected chi connectivity index (χ0v) is 12.9. The zero-order valence-electron chi connectivity index (χ0n) is 11.4. The van der Waals surface area contributed by atoms with Gasteiger partial charge >= 0.3 is 5.97 Å². The number of carbonyl (C=O) groups is 1. The molecule has 0 saturated heterocycles. The van der Waals surface area contributed by atoms with Crippen LogP contribution in [0.3, 0.4) is 0 Å². The first-order valence-electron chi connectivity index (χ1n) is 6.29. The van der Waals surface area contributed by atoms with Gasteiger partial charge in [-0.3, -0.25) is 0 Å². The van der Waals surface area contributed by atoms with E-state index in [0.717, 1.165) is 26.9 Å².